The third-order valence-electron chi connectivity index (χ3n) is 3.89. The zero-order valence-corrected chi connectivity index (χ0v) is 15.2. The van der Waals surface area contributed by atoms with Crippen molar-refractivity contribution in [2.24, 2.45) is 5.10 Å². The van der Waals surface area contributed by atoms with E-state index in [-0.39, 0.29) is 10.7 Å². The lowest BCUT2D eigenvalue weighted by molar-refractivity contribution is 0.585. The van der Waals surface area contributed by atoms with Crippen LogP contribution in [0.15, 0.2) is 70.7 Å². The number of hydrogen-bond acceptors (Lipinski definition) is 4. The molecule has 0 bridgehead atoms. The van der Waals surface area contributed by atoms with Crippen LogP contribution in [-0.2, 0) is 10.0 Å². The Morgan fingerprint density at radius 2 is 1.62 bits per heavy atom. The van der Waals surface area contributed by atoms with Crippen LogP contribution in [0.5, 0.6) is 0 Å². The Labute approximate surface area is 151 Å². The molecule has 0 amide bonds. The van der Waals surface area contributed by atoms with Crippen LogP contribution < -0.4 is 9.73 Å². The van der Waals surface area contributed by atoms with E-state index >= 15 is 0 Å². The van der Waals surface area contributed by atoms with Crippen molar-refractivity contribution in [2.45, 2.75) is 4.90 Å². The molecule has 0 fully saturated rings. The van der Waals surface area contributed by atoms with Crippen LogP contribution in [0.25, 0.3) is 10.8 Å². The molecule has 3 aromatic carbocycles. The number of rotatable bonds is 5. The fourth-order valence-corrected chi connectivity index (χ4v) is 3.67. The molecule has 0 aliphatic rings. The van der Waals surface area contributed by atoms with Crippen LogP contribution >= 0.6 is 0 Å². The minimum atomic E-state index is -3.85. The van der Waals surface area contributed by atoms with Gasteiger partial charge in [0.1, 0.15) is 5.82 Å². The summed E-state index contributed by atoms with van der Waals surface area (Å²) in [6.07, 6.45) is 1.33. The molecular formula is C19H18FN3O2S. The summed E-state index contributed by atoms with van der Waals surface area (Å²) in [5.74, 6) is -0.366. The first-order chi connectivity index (χ1) is 12.4. The van der Waals surface area contributed by atoms with Gasteiger partial charge >= 0.3 is 0 Å². The normalized spacial score (nSPS) is 11.8. The molecule has 0 saturated heterocycles. The maximum absolute atomic E-state index is 12.9. The molecule has 5 nitrogen and oxygen atoms in total. The smallest absolute Gasteiger partial charge is 0.277 e. The minimum Gasteiger partial charge on any atom is -0.377 e. The van der Waals surface area contributed by atoms with Crippen molar-refractivity contribution in [3.63, 3.8) is 0 Å². The quantitative estimate of drug-likeness (QED) is 0.553. The van der Waals surface area contributed by atoms with Gasteiger partial charge in [0.2, 0.25) is 0 Å². The number of benzene rings is 3. The molecule has 0 heterocycles. The fourth-order valence-electron chi connectivity index (χ4n) is 2.66. The van der Waals surface area contributed by atoms with Gasteiger partial charge in [0, 0.05) is 30.6 Å². The maximum atomic E-state index is 12.9. The number of halogens is 1. The van der Waals surface area contributed by atoms with E-state index in [1.54, 1.807) is 12.1 Å². The Hall–Kier alpha value is -2.93. The summed E-state index contributed by atoms with van der Waals surface area (Å²) in [5.41, 5.74) is 1.51. The highest BCUT2D eigenvalue weighted by molar-refractivity contribution is 7.89. The summed E-state index contributed by atoms with van der Waals surface area (Å²) in [5, 5.41) is 5.24. The van der Waals surface area contributed by atoms with Crippen LogP contribution in [0.3, 0.4) is 0 Å². The second-order valence-corrected chi connectivity index (χ2v) is 7.56. The lowest BCUT2D eigenvalue weighted by Gasteiger charge is -2.16. The highest BCUT2D eigenvalue weighted by Crippen LogP contribution is 2.30. The van der Waals surface area contributed by atoms with E-state index in [2.05, 4.69) is 9.93 Å². The van der Waals surface area contributed by atoms with Gasteiger partial charge in [0.05, 0.1) is 11.1 Å². The van der Waals surface area contributed by atoms with E-state index in [1.807, 2.05) is 37.2 Å². The summed E-state index contributed by atoms with van der Waals surface area (Å²) in [4.78, 5) is 4.29. The standard InChI is InChI=1S/C19H18FN3O2S/c1-23(2)18-7-3-6-17-16(18)5-4-8-19(17)26(24,25)22-21-13-14-9-11-15(20)12-10-14/h3-13,22H,1-2H3/b21-13+. The second-order valence-electron chi connectivity index (χ2n) is 5.93. The van der Waals surface area contributed by atoms with Crippen molar-refractivity contribution in [2.75, 3.05) is 19.0 Å². The Kier molecular flexibility index (Phi) is 4.90. The molecule has 1 N–H and O–H groups in total. The minimum absolute atomic E-state index is 0.148. The average molecular weight is 371 g/mol. The van der Waals surface area contributed by atoms with Gasteiger partial charge in [0.15, 0.2) is 0 Å². The largest absolute Gasteiger partial charge is 0.377 e. The Morgan fingerprint density at radius 1 is 0.962 bits per heavy atom. The highest BCUT2D eigenvalue weighted by atomic mass is 32.2. The van der Waals surface area contributed by atoms with Crippen molar-refractivity contribution in [1.29, 1.82) is 0 Å². The van der Waals surface area contributed by atoms with E-state index in [9.17, 15) is 12.8 Å². The van der Waals surface area contributed by atoms with E-state index in [0.29, 0.717) is 10.9 Å². The van der Waals surface area contributed by atoms with E-state index in [1.165, 1.54) is 36.5 Å². The molecule has 0 aromatic heterocycles. The fraction of sp³-hybridized carbons (Fsp3) is 0.105. The van der Waals surface area contributed by atoms with Crippen LogP contribution in [0.2, 0.25) is 0 Å². The molecular weight excluding hydrogens is 353 g/mol. The third kappa shape index (κ3) is 3.67. The third-order valence-corrected chi connectivity index (χ3v) is 5.17. The molecule has 3 rings (SSSR count). The first-order valence-corrected chi connectivity index (χ1v) is 9.36. The zero-order chi connectivity index (χ0) is 18.7. The average Bonchev–Trinajstić information content (AvgIpc) is 2.62. The van der Waals surface area contributed by atoms with Crippen LogP contribution in [-0.4, -0.2) is 28.7 Å². The van der Waals surface area contributed by atoms with Crippen LogP contribution in [0.4, 0.5) is 10.1 Å². The number of fused-ring (bicyclic) bond motifs is 1. The van der Waals surface area contributed by atoms with Gasteiger partial charge in [-0.2, -0.15) is 13.5 Å². The van der Waals surface area contributed by atoms with Crippen molar-refractivity contribution >= 4 is 32.7 Å². The Morgan fingerprint density at radius 3 is 2.31 bits per heavy atom. The highest BCUT2D eigenvalue weighted by Gasteiger charge is 2.17. The lowest BCUT2D eigenvalue weighted by atomic mass is 10.1. The molecule has 0 spiro atoms. The van der Waals surface area contributed by atoms with Crippen molar-refractivity contribution in [3.05, 3.63) is 72.0 Å². The zero-order valence-electron chi connectivity index (χ0n) is 14.3. The SMILES string of the molecule is CN(C)c1cccc2c(S(=O)(=O)N/N=C/c3ccc(F)cc3)cccc12. The van der Waals surface area contributed by atoms with Gasteiger partial charge in [0.25, 0.3) is 10.0 Å². The van der Waals surface area contributed by atoms with Crippen molar-refractivity contribution < 1.29 is 12.8 Å². The second kappa shape index (κ2) is 7.13. The molecule has 134 valence electrons. The molecule has 0 atom stereocenters. The van der Waals surface area contributed by atoms with Gasteiger partial charge in [-0.05, 0) is 29.8 Å². The Balaban J connectivity index is 1.94. The van der Waals surface area contributed by atoms with Crippen molar-refractivity contribution in [1.82, 2.24) is 4.83 Å². The molecule has 0 aliphatic heterocycles. The van der Waals surface area contributed by atoms with Crippen LogP contribution in [0, 0.1) is 5.82 Å². The number of hydrogen-bond donors (Lipinski definition) is 1. The molecule has 0 unspecified atom stereocenters. The molecule has 7 heteroatoms. The summed E-state index contributed by atoms with van der Waals surface area (Å²) in [7, 11) is -0.0403. The number of nitrogens with zero attached hydrogens (tertiary/aromatic N) is 2. The summed E-state index contributed by atoms with van der Waals surface area (Å²) in [6, 6.07) is 16.2. The first-order valence-electron chi connectivity index (χ1n) is 7.88. The predicted molar refractivity (Wildman–Crippen MR) is 103 cm³/mol. The van der Waals surface area contributed by atoms with E-state index in [4.69, 9.17) is 0 Å². The Bertz CT molecular complexity index is 1060. The van der Waals surface area contributed by atoms with Crippen LogP contribution in [0.1, 0.15) is 5.56 Å². The summed E-state index contributed by atoms with van der Waals surface area (Å²) < 4.78 is 38.2. The van der Waals surface area contributed by atoms with Gasteiger partial charge in [-0.15, -0.1) is 0 Å². The predicted octanol–water partition coefficient (Wildman–Crippen LogP) is 3.36. The van der Waals surface area contributed by atoms with Gasteiger partial charge in [-0.1, -0.05) is 36.4 Å². The molecule has 0 aliphatic carbocycles. The van der Waals surface area contributed by atoms with E-state index < -0.39 is 10.0 Å². The summed E-state index contributed by atoms with van der Waals surface area (Å²) >= 11 is 0. The monoisotopic (exact) mass is 371 g/mol. The summed E-state index contributed by atoms with van der Waals surface area (Å²) in [6.45, 7) is 0. The first kappa shape index (κ1) is 17.9. The number of nitrogens with one attached hydrogen (secondary N) is 1. The van der Waals surface area contributed by atoms with Gasteiger partial charge < -0.3 is 4.90 Å². The molecule has 0 saturated carbocycles. The maximum Gasteiger partial charge on any atom is 0.277 e. The number of hydrazone groups is 1. The van der Waals surface area contributed by atoms with Gasteiger partial charge in [-0.3, -0.25) is 0 Å². The van der Waals surface area contributed by atoms with Gasteiger partial charge in [-0.25, -0.2) is 9.22 Å². The molecule has 3 aromatic rings. The van der Waals surface area contributed by atoms with E-state index in [0.717, 1.165) is 11.1 Å². The van der Waals surface area contributed by atoms with Crippen molar-refractivity contribution in [3.8, 4) is 0 Å². The topological polar surface area (TPSA) is 61.8 Å². The molecule has 0 radical (unpaired) electrons. The number of sulfonamides is 1. The molecule has 26 heavy (non-hydrogen) atoms. The number of anilines is 1. The lowest BCUT2D eigenvalue weighted by Crippen LogP contribution is -2.19.